The molecule has 0 radical (unpaired) electrons. The van der Waals surface area contributed by atoms with Crippen LogP contribution in [0.15, 0.2) is 41.2 Å². The van der Waals surface area contributed by atoms with Gasteiger partial charge in [0.05, 0.1) is 6.42 Å². The average molecular weight is 284 g/mol. The molecule has 0 saturated carbocycles. The van der Waals surface area contributed by atoms with Gasteiger partial charge in [-0.15, -0.1) is 0 Å². The Morgan fingerprint density at radius 2 is 2.24 bits per heavy atom. The minimum Gasteiger partial charge on any atom is -0.359 e. The monoisotopic (exact) mass is 284 g/mol. The lowest BCUT2D eigenvalue weighted by atomic mass is 10.3. The molecule has 3 rings (SSSR count). The summed E-state index contributed by atoms with van der Waals surface area (Å²) in [6.07, 6.45) is 3.53. The van der Waals surface area contributed by atoms with Crippen LogP contribution in [0.2, 0.25) is 0 Å². The van der Waals surface area contributed by atoms with Gasteiger partial charge >= 0.3 is 0 Å². The smallest absolute Gasteiger partial charge is 0.276 e. The molecule has 0 unspecified atom stereocenters. The fraction of sp³-hybridized carbons (Fsp3) is 0.154. The summed E-state index contributed by atoms with van der Waals surface area (Å²) < 4.78 is 6.77. The highest BCUT2D eigenvalue weighted by molar-refractivity contribution is 5.77. The molecule has 3 aromatic heterocycles. The highest BCUT2D eigenvalue weighted by Crippen LogP contribution is 2.16. The predicted octanol–water partition coefficient (Wildman–Crippen LogP) is 0.606. The first-order valence-corrected chi connectivity index (χ1v) is 6.27. The summed E-state index contributed by atoms with van der Waals surface area (Å²) in [7, 11) is 1.55. The number of nitrogens with zero attached hydrogens (tertiary/aromatic N) is 5. The van der Waals surface area contributed by atoms with Crippen LogP contribution < -0.4 is 5.32 Å². The maximum absolute atomic E-state index is 11.3. The van der Waals surface area contributed by atoms with Crippen LogP contribution in [0, 0.1) is 0 Å². The lowest BCUT2D eigenvalue weighted by Gasteiger charge is -2.00. The van der Waals surface area contributed by atoms with Crippen molar-refractivity contribution in [3.8, 4) is 17.4 Å². The van der Waals surface area contributed by atoms with Gasteiger partial charge in [0.25, 0.3) is 5.89 Å². The molecule has 21 heavy (non-hydrogen) atoms. The third kappa shape index (κ3) is 2.78. The Hall–Kier alpha value is -3.03. The van der Waals surface area contributed by atoms with E-state index in [1.54, 1.807) is 30.2 Å². The minimum atomic E-state index is -0.180. The third-order valence-corrected chi connectivity index (χ3v) is 2.76. The average Bonchev–Trinajstić information content (AvgIpc) is 3.19. The lowest BCUT2D eigenvalue weighted by Crippen LogP contribution is -2.20. The quantitative estimate of drug-likeness (QED) is 0.753. The SMILES string of the molecule is CNC(=O)Cc1noc(-c2cccc(-n3cccn3)n2)n1. The Labute approximate surface area is 119 Å². The molecule has 0 atom stereocenters. The molecule has 3 aromatic rings. The second kappa shape index (κ2) is 5.53. The molecule has 3 heterocycles. The van der Waals surface area contributed by atoms with Crippen molar-refractivity contribution in [2.24, 2.45) is 0 Å². The standard InChI is InChI=1S/C13H12N6O2/c1-14-12(20)8-10-17-13(21-18-10)9-4-2-5-11(16-9)19-7-3-6-15-19/h2-7H,8H2,1H3,(H,14,20). The summed E-state index contributed by atoms with van der Waals surface area (Å²) in [5.41, 5.74) is 0.527. The molecular formula is C13H12N6O2. The molecule has 0 aromatic carbocycles. The first-order valence-electron chi connectivity index (χ1n) is 6.27. The van der Waals surface area contributed by atoms with Crippen LogP contribution >= 0.6 is 0 Å². The van der Waals surface area contributed by atoms with E-state index in [4.69, 9.17) is 4.52 Å². The molecule has 0 aliphatic carbocycles. The van der Waals surface area contributed by atoms with E-state index in [0.29, 0.717) is 17.3 Å². The normalized spacial score (nSPS) is 10.5. The van der Waals surface area contributed by atoms with Gasteiger partial charge in [0, 0.05) is 19.4 Å². The molecule has 8 heteroatoms. The largest absolute Gasteiger partial charge is 0.359 e. The highest BCUT2D eigenvalue weighted by Gasteiger charge is 2.13. The van der Waals surface area contributed by atoms with Crippen molar-refractivity contribution in [3.05, 3.63) is 42.5 Å². The second-order valence-corrected chi connectivity index (χ2v) is 4.20. The maximum Gasteiger partial charge on any atom is 0.276 e. The van der Waals surface area contributed by atoms with Gasteiger partial charge in [0.1, 0.15) is 5.69 Å². The summed E-state index contributed by atoms with van der Waals surface area (Å²) in [6, 6.07) is 7.20. The van der Waals surface area contributed by atoms with E-state index >= 15 is 0 Å². The number of pyridine rings is 1. The minimum absolute atomic E-state index is 0.0683. The number of carbonyl (C=O) groups excluding carboxylic acids is 1. The molecule has 0 aliphatic rings. The zero-order valence-electron chi connectivity index (χ0n) is 11.2. The number of aromatic nitrogens is 5. The van der Waals surface area contributed by atoms with Crippen LogP contribution in [0.4, 0.5) is 0 Å². The molecule has 1 amide bonds. The zero-order valence-corrected chi connectivity index (χ0v) is 11.2. The summed E-state index contributed by atoms with van der Waals surface area (Å²) in [4.78, 5) is 19.8. The van der Waals surface area contributed by atoms with Gasteiger partial charge in [-0.2, -0.15) is 10.1 Å². The summed E-state index contributed by atoms with van der Waals surface area (Å²) in [5, 5.41) is 10.4. The van der Waals surface area contributed by atoms with E-state index < -0.39 is 0 Å². The van der Waals surface area contributed by atoms with Crippen molar-refractivity contribution >= 4 is 5.91 Å². The van der Waals surface area contributed by atoms with Crippen molar-refractivity contribution in [2.75, 3.05) is 7.05 Å². The fourth-order valence-corrected chi connectivity index (χ4v) is 1.74. The van der Waals surface area contributed by atoms with Crippen molar-refractivity contribution in [2.45, 2.75) is 6.42 Å². The van der Waals surface area contributed by atoms with Gasteiger partial charge in [0.15, 0.2) is 11.6 Å². The predicted molar refractivity (Wildman–Crippen MR) is 72.4 cm³/mol. The number of amides is 1. The van der Waals surface area contributed by atoms with Crippen LogP contribution in [0.1, 0.15) is 5.82 Å². The molecule has 8 nitrogen and oxygen atoms in total. The number of nitrogens with one attached hydrogen (secondary N) is 1. The van der Waals surface area contributed by atoms with E-state index in [2.05, 4.69) is 25.5 Å². The number of hydrogen-bond acceptors (Lipinski definition) is 6. The van der Waals surface area contributed by atoms with Gasteiger partial charge in [-0.3, -0.25) is 4.79 Å². The lowest BCUT2D eigenvalue weighted by molar-refractivity contribution is -0.120. The van der Waals surface area contributed by atoms with Crippen LogP contribution in [0.5, 0.6) is 0 Å². The van der Waals surface area contributed by atoms with Gasteiger partial charge < -0.3 is 9.84 Å². The number of hydrogen-bond donors (Lipinski definition) is 1. The molecule has 0 fully saturated rings. The second-order valence-electron chi connectivity index (χ2n) is 4.20. The van der Waals surface area contributed by atoms with Crippen LogP contribution in [0.25, 0.3) is 17.4 Å². The molecule has 0 saturated heterocycles. The molecule has 0 aliphatic heterocycles. The molecule has 106 valence electrons. The Balaban J connectivity index is 1.87. The Morgan fingerprint density at radius 1 is 1.33 bits per heavy atom. The van der Waals surface area contributed by atoms with E-state index in [9.17, 15) is 4.79 Å². The van der Waals surface area contributed by atoms with E-state index in [1.807, 2.05) is 18.2 Å². The third-order valence-electron chi connectivity index (χ3n) is 2.76. The maximum atomic E-state index is 11.3. The zero-order chi connectivity index (χ0) is 14.7. The van der Waals surface area contributed by atoms with Crippen molar-refractivity contribution in [3.63, 3.8) is 0 Å². The fourth-order valence-electron chi connectivity index (χ4n) is 1.74. The van der Waals surface area contributed by atoms with E-state index in [-0.39, 0.29) is 18.2 Å². The first-order chi connectivity index (χ1) is 10.3. The van der Waals surface area contributed by atoms with Crippen molar-refractivity contribution in [1.29, 1.82) is 0 Å². The Bertz CT molecular complexity index is 750. The topological polar surface area (TPSA) is 98.7 Å². The molecule has 0 bridgehead atoms. The summed E-state index contributed by atoms with van der Waals surface area (Å²) in [6.45, 7) is 0. The Kier molecular flexibility index (Phi) is 3.42. The van der Waals surface area contributed by atoms with Gasteiger partial charge in [-0.05, 0) is 18.2 Å². The summed E-state index contributed by atoms with van der Waals surface area (Å²) >= 11 is 0. The number of carbonyl (C=O) groups is 1. The molecule has 0 spiro atoms. The first kappa shape index (κ1) is 13.0. The van der Waals surface area contributed by atoms with E-state index in [0.717, 1.165) is 0 Å². The number of likely N-dealkylation sites (N-methyl/N-ethyl adjacent to an activating group) is 1. The molecular weight excluding hydrogens is 272 g/mol. The molecule has 1 N–H and O–H groups in total. The Morgan fingerprint density at radius 3 is 3.00 bits per heavy atom. The van der Waals surface area contributed by atoms with Gasteiger partial charge in [-0.1, -0.05) is 11.2 Å². The van der Waals surface area contributed by atoms with Crippen LogP contribution in [0.3, 0.4) is 0 Å². The van der Waals surface area contributed by atoms with Crippen LogP contribution in [-0.4, -0.2) is 37.9 Å². The van der Waals surface area contributed by atoms with Crippen molar-refractivity contribution in [1.82, 2.24) is 30.2 Å². The van der Waals surface area contributed by atoms with Gasteiger partial charge in [0.2, 0.25) is 5.91 Å². The highest BCUT2D eigenvalue weighted by atomic mass is 16.5. The van der Waals surface area contributed by atoms with Gasteiger partial charge in [-0.25, -0.2) is 9.67 Å². The van der Waals surface area contributed by atoms with E-state index in [1.165, 1.54) is 0 Å². The summed E-state index contributed by atoms with van der Waals surface area (Å²) in [5.74, 6) is 1.04. The van der Waals surface area contributed by atoms with Crippen LogP contribution in [-0.2, 0) is 11.2 Å². The van der Waals surface area contributed by atoms with Crippen molar-refractivity contribution < 1.29 is 9.32 Å². The number of rotatable bonds is 4.